The van der Waals surface area contributed by atoms with Crippen LogP contribution in [0.25, 0.3) is 10.9 Å². The van der Waals surface area contributed by atoms with Crippen molar-refractivity contribution in [1.82, 2.24) is 9.55 Å². The maximum atomic E-state index is 13.1. The van der Waals surface area contributed by atoms with Gasteiger partial charge in [0.1, 0.15) is 5.75 Å². The lowest BCUT2D eigenvalue weighted by Gasteiger charge is -2.19. The Balaban J connectivity index is 2.03. The quantitative estimate of drug-likeness (QED) is 0.388. The Labute approximate surface area is 170 Å². The van der Waals surface area contributed by atoms with Crippen molar-refractivity contribution in [2.24, 2.45) is 0 Å². The summed E-state index contributed by atoms with van der Waals surface area (Å²) in [5.41, 5.74) is 1.69. The summed E-state index contributed by atoms with van der Waals surface area (Å²) in [6, 6.07) is 13.2. The van der Waals surface area contributed by atoms with E-state index in [1.165, 1.54) is 11.8 Å². The number of nitrogens with zero attached hydrogens (tertiary/aromatic N) is 2. The smallest absolute Gasteiger partial charge is 0.262 e. The van der Waals surface area contributed by atoms with Crippen LogP contribution in [0.1, 0.15) is 18.5 Å². The van der Waals surface area contributed by atoms with Gasteiger partial charge in [0.25, 0.3) is 5.56 Å². The number of halogens is 1. The van der Waals surface area contributed by atoms with E-state index in [4.69, 9.17) is 14.5 Å². The Morgan fingerprint density at radius 3 is 2.74 bits per heavy atom. The van der Waals surface area contributed by atoms with E-state index in [0.29, 0.717) is 28.4 Å². The van der Waals surface area contributed by atoms with Crippen LogP contribution in [0.5, 0.6) is 5.75 Å². The molecule has 27 heavy (non-hydrogen) atoms. The molecule has 0 aliphatic rings. The van der Waals surface area contributed by atoms with Gasteiger partial charge in [0.15, 0.2) is 5.16 Å². The zero-order valence-corrected chi connectivity index (χ0v) is 17.8. The fourth-order valence-corrected chi connectivity index (χ4v) is 4.42. The summed E-state index contributed by atoms with van der Waals surface area (Å²) in [6.07, 6.45) is 0. The van der Waals surface area contributed by atoms with E-state index in [2.05, 4.69) is 15.9 Å². The van der Waals surface area contributed by atoms with E-state index >= 15 is 0 Å². The molecular formula is C20H21BrN2O3S. The number of thioether (sulfide) groups is 1. The van der Waals surface area contributed by atoms with Gasteiger partial charge in [-0.2, -0.15) is 0 Å². The molecule has 0 amide bonds. The minimum absolute atomic E-state index is 0.0474. The Morgan fingerprint density at radius 1 is 1.22 bits per heavy atom. The molecule has 0 bridgehead atoms. The predicted molar refractivity (Wildman–Crippen MR) is 113 cm³/mol. The number of para-hydroxylation sites is 1. The first kappa shape index (κ1) is 19.9. The van der Waals surface area contributed by atoms with Crippen molar-refractivity contribution in [3.05, 3.63) is 62.9 Å². The van der Waals surface area contributed by atoms with Crippen LogP contribution in [0.3, 0.4) is 0 Å². The highest BCUT2D eigenvalue weighted by atomic mass is 79.9. The third-order valence-corrected chi connectivity index (χ3v) is 5.72. The normalized spacial score (nSPS) is 12.3. The second kappa shape index (κ2) is 8.91. The second-order valence-corrected chi connectivity index (χ2v) is 7.99. The molecular weight excluding hydrogens is 428 g/mol. The summed E-state index contributed by atoms with van der Waals surface area (Å²) < 4.78 is 13.4. The summed E-state index contributed by atoms with van der Waals surface area (Å²) in [4.78, 5) is 17.8. The fraction of sp³-hybridized carbons (Fsp3) is 0.300. The summed E-state index contributed by atoms with van der Waals surface area (Å²) >= 11 is 5.02. The molecule has 5 nitrogen and oxygen atoms in total. The van der Waals surface area contributed by atoms with E-state index in [1.54, 1.807) is 18.8 Å². The van der Waals surface area contributed by atoms with Gasteiger partial charge < -0.3 is 9.47 Å². The standard InChI is InChI=1S/C20H21BrN2O3S/c1-13(11-25-2)23-19(24)16-6-4-5-7-17(16)22-20(23)27-12-14-10-15(21)8-9-18(14)26-3/h4-10,13H,11-12H2,1-3H3. The van der Waals surface area contributed by atoms with Crippen LogP contribution >= 0.6 is 27.7 Å². The second-order valence-electron chi connectivity index (χ2n) is 6.14. The number of rotatable bonds is 7. The van der Waals surface area contributed by atoms with Gasteiger partial charge in [-0.3, -0.25) is 9.36 Å². The molecule has 2 aromatic carbocycles. The Morgan fingerprint density at radius 2 is 2.00 bits per heavy atom. The molecule has 0 aliphatic carbocycles. The van der Waals surface area contributed by atoms with Gasteiger partial charge in [0.2, 0.25) is 0 Å². The van der Waals surface area contributed by atoms with Gasteiger partial charge in [0.05, 0.1) is 30.7 Å². The van der Waals surface area contributed by atoms with Crippen LogP contribution in [0.2, 0.25) is 0 Å². The first-order chi connectivity index (χ1) is 13.0. The van der Waals surface area contributed by atoms with Crippen LogP contribution in [-0.2, 0) is 10.5 Å². The molecule has 0 N–H and O–H groups in total. The van der Waals surface area contributed by atoms with Crippen molar-refractivity contribution in [3.8, 4) is 5.75 Å². The SMILES string of the molecule is COCC(C)n1c(SCc2cc(Br)ccc2OC)nc2ccccc2c1=O. The van der Waals surface area contributed by atoms with Crippen molar-refractivity contribution in [2.45, 2.75) is 23.9 Å². The van der Waals surface area contributed by atoms with Crippen molar-refractivity contribution < 1.29 is 9.47 Å². The van der Waals surface area contributed by atoms with Crippen LogP contribution in [0, 0.1) is 0 Å². The van der Waals surface area contributed by atoms with Gasteiger partial charge in [0, 0.05) is 22.9 Å². The average Bonchev–Trinajstić information content (AvgIpc) is 2.66. The number of fused-ring (bicyclic) bond motifs is 1. The molecule has 0 radical (unpaired) electrons. The third-order valence-electron chi connectivity index (χ3n) is 4.22. The van der Waals surface area contributed by atoms with Gasteiger partial charge in [-0.05, 0) is 37.3 Å². The van der Waals surface area contributed by atoms with Crippen molar-refractivity contribution in [2.75, 3.05) is 20.8 Å². The molecule has 1 atom stereocenters. The highest BCUT2D eigenvalue weighted by Crippen LogP contribution is 2.30. The predicted octanol–water partition coefficient (Wildman–Crippen LogP) is 4.67. The van der Waals surface area contributed by atoms with Crippen molar-refractivity contribution in [3.63, 3.8) is 0 Å². The summed E-state index contributed by atoms with van der Waals surface area (Å²) in [6.45, 7) is 2.40. The first-order valence-corrected chi connectivity index (χ1v) is 10.3. The number of aromatic nitrogens is 2. The van der Waals surface area contributed by atoms with Crippen molar-refractivity contribution >= 4 is 38.6 Å². The maximum Gasteiger partial charge on any atom is 0.262 e. The Hall–Kier alpha value is -1.83. The zero-order chi connectivity index (χ0) is 19.4. The Bertz CT molecular complexity index is 1010. The lowest BCUT2D eigenvalue weighted by atomic mass is 10.2. The Kier molecular flexibility index (Phi) is 6.57. The molecule has 3 aromatic rings. The van der Waals surface area contributed by atoms with Gasteiger partial charge >= 0.3 is 0 Å². The van der Waals surface area contributed by atoms with E-state index in [-0.39, 0.29) is 11.6 Å². The van der Waals surface area contributed by atoms with Gasteiger partial charge in [-0.25, -0.2) is 4.98 Å². The minimum Gasteiger partial charge on any atom is -0.496 e. The number of benzene rings is 2. The van der Waals surface area contributed by atoms with Gasteiger partial charge in [-0.15, -0.1) is 0 Å². The summed E-state index contributed by atoms with van der Waals surface area (Å²) in [5, 5.41) is 1.29. The molecule has 0 aliphatic heterocycles. The minimum atomic E-state index is -0.119. The number of ether oxygens (including phenoxy) is 2. The van der Waals surface area contributed by atoms with Crippen LogP contribution in [-0.4, -0.2) is 30.4 Å². The van der Waals surface area contributed by atoms with Crippen LogP contribution < -0.4 is 10.3 Å². The maximum absolute atomic E-state index is 13.1. The largest absolute Gasteiger partial charge is 0.496 e. The third kappa shape index (κ3) is 4.36. The zero-order valence-electron chi connectivity index (χ0n) is 15.4. The number of hydrogen-bond donors (Lipinski definition) is 0. The average molecular weight is 449 g/mol. The lowest BCUT2D eigenvalue weighted by molar-refractivity contribution is 0.156. The highest BCUT2D eigenvalue weighted by molar-refractivity contribution is 9.10. The molecule has 1 aromatic heterocycles. The summed E-state index contributed by atoms with van der Waals surface area (Å²) in [7, 11) is 3.29. The first-order valence-electron chi connectivity index (χ1n) is 8.50. The molecule has 1 unspecified atom stereocenters. The highest BCUT2D eigenvalue weighted by Gasteiger charge is 2.17. The lowest BCUT2D eigenvalue weighted by Crippen LogP contribution is -2.28. The fourth-order valence-electron chi connectivity index (χ4n) is 2.93. The molecule has 1 heterocycles. The summed E-state index contributed by atoms with van der Waals surface area (Å²) in [5.74, 6) is 1.44. The number of hydrogen-bond acceptors (Lipinski definition) is 5. The molecule has 0 saturated heterocycles. The van der Waals surface area contributed by atoms with E-state index < -0.39 is 0 Å². The monoisotopic (exact) mass is 448 g/mol. The van der Waals surface area contributed by atoms with E-state index in [9.17, 15) is 4.79 Å². The molecule has 0 fully saturated rings. The molecule has 142 valence electrons. The molecule has 0 spiro atoms. The number of methoxy groups -OCH3 is 2. The molecule has 3 rings (SSSR count). The van der Waals surface area contributed by atoms with Crippen LogP contribution in [0.4, 0.5) is 0 Å². The van der Waals surface area contributed by atoms with Crippen LogP contribution in [0.15, 0.2) is 56.9 Å². The van der Waals surface area contributed by atoms with Crippen molar-refractivity contribution in [1.29, 1.82) is 0 Å². The van der Waals surface area contributed by atoms with Gasteiger partial charge in [-0.1, -0.05) is 39.8 Å². The molecule has 0 saturated carbocycles. The van der Waals surface area contributed by atoms with E-state index in [0.717, 1.165) is 15.8 Å². The molecule has 7 heteroatoms. The topological polar surface area (TPSA) is 53.4 Å². The van der Waals surface area contributed by atoms with E-state index in [1.807, 2.05) is 49.4 Å².